The summed E-state index contributed by atoms with van der Waals surface area (Å²) in [7, 11) is -1.43. The number of rotatable bonds is 6. The van der Waals surface area contributed by atoms with Gasteiger partial charge in [0.1, 0.15) is 0 Å². The van der Waals surface area contributed by atoms with Crippen LogP contribution in [0.25, 0.3) is 0 Å². The van der Waals surface area contributed by atoms with Gasteiger partial charge in [-0.25, -0.2) is 13.1 Å². The van der Waals surface area contributed by atoms with E-state index in [1.165, 1.54) is 19.3 Å². The summed E-state index contributed by atoms with van der Waals surface area (Å²) in [4.78, 5) is 6.49. The molecule has 0 radical (unpaired) electrons. The molecule has 0 aromatic carbocycles. The summed E-state index contributed by atoms with van der Waals surface area (Å²) in [6.45, 7) is 5.26. The lowest BCUT2D eigenvalue weighted by atomic mass is 9.86. The normalized spacial score (nSPS) is 21.7. The average Bonchev–Trinajstić information content (AvgIpc) is 2.43. The van der Waals surface area contributed by atoms with Crippen LogP contribution in [-0.2, 0) is 10.0 Å². The molecule has 1 saturated carbocycles. The van der Waals surface area contributed by atoms with Crippen molar-refractivity contribution in [3.8, 4) is 0 Å². The minimum atomic E-state index is -3.18. The Hall–Kier alpha value is -0.820. The number of nitrogens with zero attached hydrogens (tertiary/aromatic N) is 2. The second-order valence-electron chi connectivity index (χ2n) is 6.61. The van der Waals surface area contributed by atoms with E-state index in [9.17, 15) is 8.42 Å². The SMILES string of the molecule is CN=C(NCCS(=O)(=O)NCC1CCC1)N1CCC(C)CC1. The van der Waals surface area contributed by atoms with Gasteiger partial charge in [-0.3, -0.25) is 4.99 Å². The van der Waals surface area contributed by atoms with Crippen molar-refractivity contribution in [3.05, 3.63) is 0 Å². The predicted molar refractivity (Wildman–Crippen MR) is 90.5 cm³/mol. The molecular weight excluding hydrogens is 300 g/mol. The summed E-state index contributed by atoms with van der Waals surface area (Å²) in [5.74, 6) is 2.24. The number of hydrogen-bond donors (Lipinski definition) is 2. The highest BCUT2D eigenvalue weighted by atomic mass is 32.2. The van der Waals surface area contributed by atoms with Crippen molar-refractivity contribution < 1.29 is 8.42 Å². The number of aliphatic imine (C=N–C) groups is 1. The van der Waals surface area contributed by atoms with Crippen LogP contribution < -0.4 is 10.0 Å². The van der Waals surface area contributed by atoms with Gasteiger partial charge >= 0.3 is 0 Å². The Kier molecular flexibility index (Phi) is 6.50. The van der Waals surface area contributed by atoms with Gasteiger partial charge in [-0.05, 0) is 37.5 Å². The molecule has 2 fully saturated rings. The first-order chi connectivity index (χ1) is 10.5. The molecular formula is C15H30N4O2S. The molecule has 2 N–H and O–H groups in total. The molecule has 1 heterocycles. The van der Waals surface area contributed by atoms with Gasteiger partial charge in [-0.2, -0.15) is 0 Å². The predicted octanol–water partition coefficient (Wildman–Crippen LogP) is 1.01. The fraction of sp³-hybridized carbons (Fsp3) is 0.933. The maximum absolute atomic E-state index is 12.0. The molecule has 0 amide bonds. The van der Waals surface area contributed by atoms with Crippen molar-refractivity contribution in [2.24, 2.45) is 16.8 Å². The van der Waals surface area contributed by atoms with Crippen LogP contribution in [0.15, 0.2) is 4.99 Å². The first kappa shape index (κ1) is 17.5. The van der Waals surface area contributed by atoms with Crippen LogP contribution in [0.3, 0.4) is 0 Å². The van der Waals surface area contributed by atoms with E-state index in [2.05, 4.69) is 26.9 Å². The molecule has 1 aliphatic carbocycles. The Morgan fingerprint density at radius 2 is 1.91 bits per heavy atom. The zero-order valence-electron chi connectivity index (χ0n) is 13.8. The summed E-state index contributed by atoms with van der Waals surface area (Å²) >= 11 is 0. The van der Waals surface area contributed by atoms with E-state index < -0.39 is 10.0 Å². The standard InChI is InChI=1S/C15H30N4O2S/c1-13-6-9-19(10-7-13)15(16-2)17-8-11-22(20,21)18-12-14-4-3-5-14/h13-14,18H,3-12H2,1-2H3,(H,16,17). The minimum Gasteiger partial charge on any atom is -0.355 e. The zero-order chi connectivity index (χ0) is 16.0. The summed E-state index contributed by atoms with van der Waals surface area (Å²) in [5.41, 5.74) is 0. The van der Waals surface area contributed by atoms with Crippen LogP contribution >= 0.6 is 0 Å². The molecule has 0 aromatic heterocycles. The maximum Gasteiger partial charge on any atom is 0.213 e. The molecule has 0 bridgehead atoms. The molecule has 0 unspecified atom stereocenters. The largest absolute Gasteiger partial charge is 0.355 e. The Morgan fingerprint density at radius 3 is 2.45 bits per heavy atom. The molecule has 0 aromatic rings. The number of likely N-dealkylation sites (tertiary alicyclic amines) is 1. The van der Waals surface area contributed by atoms with Crippen LogP contribution in [0.5, 0.6) is 0 Å². The van der Waals surface area contributed by atoms with Gasteiger partial charge in [0, 0.05) is 33.2 Å². The number of sulfonamides is 1. The van der Waals surface area contributed by atoms with E-state index in [1.54, 1.807) is 7.05 Å². The van der Waals surface area contributed by atoms with Crippen molar-refractivity contribution in [2.45, 2.75) is 39.0 Å². The van der Waals surface area contributed by atoms with Crippen LogP contribution in [0, 0.1) is 11.8 Å². The van der Waals surface area contributed by atoms with Crippen LogP contribution in [0.1, 0.15) is 39.0 Å². The van der Waals surface area contributed by atoms with E-state index in [1.807, 2.05) is 0 Å². The van der Waals surface area contributed by atoms with E-state index in [-0.39, 0.29) is 5.75 Å². The van der Waals surface area contributed by atoms with Crippen molar-refractivity contribution in [1.29, 1.82) is 0 Å². The highest BCUT2D eigenvalue weighted by molar-refractivity contribution is 7.89. The lowest BCUT2D eigenvalue weighted by Crippen LogP contribution is -2.47. The Morgan fingerprint density at radius 1 is 1.23 bits per heavy atom. The summed E-state index contributed by atoms with van der Waals surface area (Å²) < 4.78 is 26.6. The fourth-order valence-corrected chi connectivity index (χ4v) is 3.87. The van der Waals surface area contributed by atoms with Gasteiger partial charge in [0.2, 0.25) is 10.0 Å². The van der Waals surface area contributed by atoms with Crippen molar-refractivity contribution in [3.63, 3.8) is 0 Å². The van der Waals surface area contributed by atoms with Gasteiger partial charge in [0.05, 0.1) is 5.75 Å². The van der Waals surface area contributed by atoms with Crippen molar-refractivity contribution in [2.75, 3.05) is 39.0 Å². The van der Waals surface area contributed by atoms with E-state index in [0.29, 0.717) is 19.0 Å². The van der Waals surface area contributed by atoms with Crippen LogP contribution in [0.2, 0.25) is 0 Å². The topological polar surface area (TPSA) is 73.8 Å². The first-order valence-corrected chi connectivity index (χ1v) is 10.1. The smallest absolute Gasteiger partial charge is 0.213 e. The molecule has 2 rings (SSSR count). The Balaban J connectivity index is 1.69. The molecule has 7 heteroatoms. The monoisotopic (exact) mass is 330 g/mol. The molecule has 0 spiro atoms. The maximum atomic E-state index is 12.0. The highest BCUT2D eigenvalue weighted by Gasteiger charge is 2.21. The number of hydrogen-bond acceptors (Lipinski definition) is 3. The van der Waals surface area contributed by atoms with Gasteiger partial charge < -0.3 is 10.2 Å². The quantitative estimate of drug-likeness (QED) is 0.563. The van der Waals surface area contributed by atoms with E-state index in [4.69, 9.17) is 0 Å². The molecule has 6 nitrogen and oxygen atoms in total. The third-order valence-corrected chi connectivity index (χ3v) is 6.11. The number of piperidine rings is 1. The number of guanidine groups is 1. The molecule has 1 aliphatic heterocycles. The Labute approximate surface area is 134 Å². The van der Waals surface area contributed by atoms with Crippen molar-refractivity contribution >= 4 is 16.0 Å². The molecule has 2 aliphatic rings. The molecule has 0 atom stereocenters. The second kappa shape index (κ2) is 8.15. The molecule has 22 heavy (non-hydrogen) atoms. The highest BCUT2D eigenvalue weighted by Crippen LogP contribution is 2.25. The summed E-state index contributed by atoms with van der Waals surface area (Å²) in [6.07, 6.45) is 5.88. The minimum absolute atomic E-state index is 0.100. The van der Waals surface area contributed by atoms with Crippen LogP contribution in [0.4, 0.5) is 0 Å². The Bertz CT molecular complexity index is 466. The molecule has 1 saturated heterocycles. The van der Waals surface area contributed by atoms with Gasteiger partial charge in [0.25, 0.3) is 0 Å². The molecule has 128 valence electrons. The van der Waals surface area contributed by atoms with Gasteiger partial charge in [-0.15, -0.1) is 0 Å². The van der Waals surface area contributed by atoms with E-state index >= 15 is 0 Å². The van der Waals surface area contributed by atoms with Crippen molar-refractivity contribution in [1.82, 2.24) is 14.9 Å². The summed E-state index contributed by atoms with van der Waals surface area (Å²) in [6, 6.07) is 0. The number of nitrogens with one attached hydrogen (secondary N) is 2. The third kappa shape index (κ3) is 5.43. The first-order valence-electron chi connectivity index (χ1n) is 8.43. The average molecular weight is 330 g/mol. The third-order valence-electron chi connectivity index (χ3n) is 4.77. The van der Waals surface area contributed by atoms with E-state index in [0.717, 1.165) is 37.8 Å². The van der Waals surface area contributed by atoms with Crippen LogP contribution in [-0.4, -0.2) is 58.3 Å². The fourth-order valence-electron chi connectivity index (χ4n) is 2.86. The lowest BCUT2D eigenvalue weighted by Gasteiger charge is -2.32. The lowest BCUT2D eigenvalue weighted by molar-refractivity contribution is 0.274. The van der Waals surface area contributed by atoms with Gasteiger partial charge in [-0.1, -0.05) is 13.3 Å². The zero-order valence-corrected chi connectivity index (χ0v) is 14.7. The van der Waals surface area contributed by atoms with Gasteiger partial charge in [0.15, 0.2) is 5.96 Å². The summed E-state index contributed by atoms with van der Waals surface area (Å²) in [5, 5.41) is 3.18. The second-order valence-corrected chi connectivity index (χ2v) is 8.53.